The second kappa shape index (κ2) is 7.00. The first kappa shape index (κ1) is 17.5. The number of nitrogens with zero attached hydrogens (tertiary/aromatic N) is 3. The lowest BCUT2D eigenvalue weighted by Gasteiger charge is -2.23. The number of rotatable bonds is 2. The minimum Gasteiger partial charge on any atom is -0.504 e. The van der Waals surface area contributed by atoms with Gasteiger partial charge in [-0.25, -0.2) is 4.98 Å². The zero-order chi connectivity index (χ0) is 19.0. The van der Waals surface area contributed by atoms with Gasteiger partial charge < -0.3 is 14.7 Å². The van der Waals surface area contributed by atoms with Gasteiger partial charge in [0.25, 0.3) is 0 Å². The maximum atomic E-state index is 12.8. The quantitative estimate of drug-likeness (QED) is 0.787. The molecule has 0 saturated heterocycles. The van der Waals surface area contributed by atoms with Crippen LogP contribution in [-0.4, -0.2) is 51.6 Å². The van der Waals surface area contributed by atoms with Crippen LogP contribution in [0.25, 0.3) is 11.3 Å². The number of aromatic nitrogens is 2. The Balaban J connectivity index is 1.70. The number of aryl methyl sites for hydroxylation is 2. The third-order valence-electron chi connectivity index (χ3n) is 4.83. The van der Waals surface area contributed by atoms with E-state index in [1.54, 1.807) is 17.2 Å². The van der Waals surface area contributed by atoms with Crippen molar-refractivity contribution in [1.29, 1.82) is 0 Å². The van der Waals surface area contributed by atoms with Gasteiger partial charge in [0.05, 0.1) is 23.6 Å². The van der Waals surface area contributed by atoms with E-state index in [4.69, 9.17) is 4.74 Å². The van der Waals surface area contributed by atoms with Gasteiger partial charge in [-0.2, -0.15) is 0 Å². The summed E-state index contributed by atoms with van der Waals surface area (Å²) in [7, 11) is 0. The molecule has 0 radical (unpaired) electrons. The summed E-state index contributed by atoms with van der Waals surface area (Å²) in [6.07, 6.45) is 5.55. The number of fused-ring (bicyclic) bond motifs is 1. The van der Waals surface area contributed by atoms with E-state index in [1.165, 1.54) is 0 Å². The standard InChI is InChI=1S/C20H22N4O3/c1-12-10-22-13(2)18(23-12)14-8-15-11-24(20(26)16-4-3-5-21-16)6-7-27-19(15)17(25)9-14/h3-4,8-10,16,21,25H,5-7,11H2,1-2H3/t16-/m0/s1. The molecule has 1 aromatic carbocycles. The number of carbonyl (C=O) groups is 1. The molecule has 2 aromatic rings. The summed E-state index contributed by atoms with van der Waals surface area (Å²) in [5.74, 6) is 0.497. The highest BCUT2D eigenvalue weighted by atomic mass is 16.5. The van der Waals surface area contributed by atoms with Gasteiger partial charge in [-0.05, 0) is 26.0 Å². The lowest BCUT2D eigenvalue weighted by Crippen LogP contribution is -2.44. The number of nitrogens with one attached hydrogen (secondary N) is 1. The molecule has 2 aliphatic rings. The lowest BCUT2D eigenvalue weighted by molar-refractivity contribution is -0.132. The van der Waals surface area contributed by atoms with E-state index < -0.39 is 0 Å². The first-order chi connectivity index (χ1) is 13.0. The van der Waals surface area contributed by atoms with E-state index >= 15 is 0 Å². The minimum absolute atomic E-state index is 0.0108. The molecule has 1 aromatic heterocycles. The van der Waals surface area contributed by atoms with E-state index in [9.17, 15) is 9.90 Å². The van der Waals surface area contributed by atoms with Crippen LogP contribution < -0.4 is 10.1 Å². The van der Waals surface area contributed by atoms with Gasteiger partial charge in [-0.15, -0.1) is 0 Å². The zero-order valence-corrected chi connectivity index (χ0v) is 15.4. The molecule has 3 heterocycles. The Hall–Kier alpha value is -2.93. The predicted molar refractivity (Wildman–Crippen MR) is 100 cm³/mol. The van der Waals surface area contributed by atoms with Crippen LogP contribution in [0.1, 0.15) is 17.0 Å². The summed E-state index contributed by atoms with van der Waals surface area (Å²) in [5.41, 5.74) is 3.83. The van der Waals surface area contributed by atoms with Gasteiger partial charge in [-0.3, -0.25) is 15.1 Å². The molecule has 140 valence electrons. The fraction of sp³-hybridized carbons (Fsp3) is 0.350. The van der Waals surface area contributed by atoms with Crippen LogP contribution in [0, 0.1) is 13.8 Å². The van der Waals surface area contributed by atoms with Crippen molar-refractivity contribution in [2.24, 2.45) is 0 Å². The number of hydrogen-bond acceptors (Lipinski definition) is 6. The molecule has 2 aliphatic heterocycles. The number of ether oxygens (including phenoxy) is 1. The summed E-state index contributed by atoms with van der Waals surface area (Å²) < 4.78 is 5.75. The Labute approximate surface area is 157 Å². The highest BCUT2D eigenvalue weighted by molar-refractivity contribution is 5.84. The molecule has 0 bridgehead atoms. The van der Waals surface area contributed by atoms with Gasteiger partial charge in [0, 0.05) is 30.4 Å². The summed E-state index contributed by atoms with van der Waals surface area (Å²) in [5, 5.41) is 13.7. The van der Waals surface area contributed by atoms with Crippen LogP contribution in [0.4, 0.5) is 0 Å². The van der Waals surface area contributed by atoms with Crippen LogP contribution >= 0.6 is 0 Å². The molecule has 7 heteroatoms. The van der Waals surface area contributed by atoms with Gasteiger partial charge in [-0.1, -0.05) is 12.2 Å². The molecule has 4 rings (SSSR count). The number of benzene rings is 1. The maximum Gasteiger partial charge on any atom is 0.244 e. The number of phenolic OH excluding ortho intramolecular Hbond substituents is 1. The van der Waals surface area contributed by atoms with Crippen molar-refractivity contribution in [2.45, 2.75) is 26.4 Å². The number of hydrogen-bond donors (Lipinski definition) is 2. The van der Waals surface area contributed by atoms with Crippen LogP contribution in [0.2, 0.25) is 0 Å². The van der Waals surface area contributed by atoms with Crippen molar-refractivity contribution in [2.75, 3.05) is 19.7 Å². The Morgan fingerprint density at radius 2 is 2.22 bits per heavy atom. The summed E-state index contributed by atoms with van der Waals surface area (Å²) in [6.45, 7) is 5.65. The van der Waals surface area contributed by atoms with Crippen molar-refractivity contribution in [3.8, 4) is 22.8 Å². The van der Waals surface area contributed by atoms with E-state index in [1.807, 2.05) is 32.1 Å². The molecule has 0 unspecified atom stereocenters. The van der Waals surface area contributed by atoms with Crippen LogP contribution in [0.5, 0.6) is 11.5 Å². The molecule has 2 N–H and O–H groups in total. The van der Waals surface area contributed by atoms with Gasteiger partial charge in [0.1, 0.15) is 12.6 Å². The monoisotopic (exact) mass is 366 g/mol. The maximum absolute atomic E-state index is 12.8. The third kappa shape index (κ3) is 3.38. The number of carbonyl (C=O) groups excluding carboxylic acids is 1. The Kier molecular flexibility index (Phi) is 4.53. The Morgan fingerprint density at radius 1 is 1.37 bits per heavy atom. The number of amides is 1. The molecule has 1 atom stereocenters. The SMILES string of the molecule is Cc1cnc(C)c(-c2cc(O)c3c(c2)CN(C(=O)[C@@H]2C=CCN2)CCO3)n1. The first-order valence-electron chi connectivity index (χ1n) is 9.01. The lowest BCUT2D eigenvalue weighted by atomic mass is 10.0. The Bertz CT molecular complexity index is 926. The van der Waals surface area contributed by atoms with Crippen molar-refractivity contribution in [3.63, 3.8) is 0 Å². The molecular weight excluding hydrogens is 344 g/mol. The van der Waals surface area contributed by atoms with E-state index in [-0.39, 0.29) is 17.7 Å². The van der Waals surface area contributed by atoms with E-state index in [0.717, 1.165) is 28.2 Å². The highest BCUT2D eigenvalue weighted by Gasteiger charge is 2.28. The Morgan fingerprint density at radius 3 is 3.00 bits per heavy atom. The predicted octanol–water partition coefficient (Wildman–Crippen LogP) is 1.72. The molecular formula is C20H22N4O3. The van der Waals surface area contributed by atoms with E-state index in [0.29, 0.717) is 32.0 Å². The fourth-order valence-corrected chi connectivity index (χ4v) is 3.47. The van der Waals surface area contributed by atoms with Gasteiger partial charge >= 0.3 is 0 Å². The highest BCUT2D eigenvalue weighted by Crippen LogP contribution is 2.37. The molecule has 0 fully saturated rings. The molecule has 0 saturated carbocycles. The minimum atomic E-state index is -0.298. The molecule has 0 spiro atoms. The van der Waals surface area contributed by atoms with Crippen LogP contribution in [-0.2, 0) is 11.3 Å². The topological polar surface area (TPSA) is 87.6 Å². The van der Waals surface area contributed by atoms with Crippen molar-refractivity contribution in [1.82, 2.24) is 20.2 Å². The molecule has 1 amide bonds. The van der Waals surface area contributed by atoms with Crippen LogP contribution in [0.3, 0.4) is 0 Å². The van der Waals surface area contributed by atoms with E-state index in [2.05, 4.69) is 15.3 Å². The average molecular weight is 366 g/mol. The average Bonchev–Trinajstić information content (AvgIpc) is 3.10. The second-order valence-electron chi connectivity index (χ2n) is 6.85. The van der Waals surface area contributed by atoms with Gasteiger partial charge in [0.15, 0.2) is 11.5 Å². The fourth-order valence-electron chi connectivity index (χ4n) is 3.47. The number of phenols is 1. The molecule has 27 heavy (non-hydrogen) atoms. The van der Waals surface area contributed by atoms with Gasteiger partial charge in [0.2, 0.25) is 5.91 Å². The molecule has 0 aliphatic carbocycles. The second-order valence-corrected chi connectivity index (χ2v) is 6.85. The van der Waals surface area contributed by atoms with Crippen molar-refractivity contribution < 1.29 is 14.6 Å². The van der Waals surface area contributed by atoms with Crippen molar-refractivity contribution >= 4 is 5.91 Å². The number of aromatic hydroxyl groups is 1. The smallest absolute Gasteiger partial charge is 0.244 e. The zero-order valence-electron chi connectivity index (χ0n) is 15.4. The first-order valence-corrected chi connectivity index (χ1v) is 9.01. The summed E-state index contributed by atoms with van der Waals surface area (Å²) in [6, 6.07) is 3.27. The largest absolute Gasteiger partial charge is 0.504 e. The summed E-state index contributed by atoms with van der Waals surface area (Å²) in [4.78, 5) is 23.4. The molecule has 7 nitrogen and oxygen atoms in total. The third-order valence-corrected chi connectivity index (χ3v) is 4.83. The van der Waals surface area contributed by atoms with Crippen LogP contribution in [0.15, 0.2) is 30.5 Å². The van der Waals surface area contributed by atoms with Crippen molar-refractivity contribution in [3.05, 3.63) is 47.4 Å². The summed E-state index contributed by atoms with van der Waals surface area (Å²) >= 11 is 0. The normalized spacial score (nSPS) is 18.7.